The number of hydrogen-bond donors (Lipinski definition) is 1. The molecule has 0 saturated heterocycles. The van der Waals surface area contributed by atoms with Crippen LogP contribution in [0.25, 0.3) is 17.0 Å². The summed E-state index contributed by atoms with van der Waals surface area (Å²) in [4.78, 5) is 6.73. The Morgan fingerprint density at radius 1 is 0.886 bits per heavy atom. The average Bonchev–Trinajstić information content (AvgIpc) is 3.29. The van der Waals surface area contributed by atoms with Crippen LogP contribution in [0.4, 0.5) is 10.1 Å². The Morgan fingerprint density at radius 3 is 2.20 bits per heavy atom. The summed E-state index contributed by atoms with van der Waals surface area (Å²) in [6.07, 6.45) is 0. The van der Waals surface area contributed by atoms with E-state index in [1.54, 1.807) is 12.1 Å². The van der Waals surface area contributed by atoms with E-state index in [1.165, 1.54) is 12.1 Å². The molecule has 3 aromatic carbocycles. The van der Waals surface area contributed by atoms with Crippen LogP contribution >= 0.6 is 12.2 Å². The highest BCUT2D eigenvalue weighted by atomic mass is 32.1. The zero-order chi connectivity index (χ0) is 24.7. The lowest BCUT2D eigenvalue weighted by molar-refractivity contribution is 0.404. The number of aryl methyl sites for hydroxylation is 3. The largest absolute Gasteiger partial charge is 0.351 e. The highest BCUT2D eigenvalue weighted by Gasteiger charge is 2.35. The standard InChI is InChI=1S/C28H25FN4OS/c1-16-5-7-21(8-6-16)26-31-27(34-32-26)24-19(4)33(23-14-17(2)13-18(3)15-23)28(35)30-25(24)20-9-11-22(29)12-10-20/h5-15,25H,1-4H3,(H,30,35). The third kappa shape index (κ3) is 4.47. The van der Waals surface area contributed by atoms with E-state index in [4.69, 9.17) is 21.7 Å². The van der Waals surface area contributed by atoms with Gasteiger partial charge < -0.3 is 9.84 Å². The number of hydrogen-bond acceptors (Lipinski definition) is 4. The molecule has 1 aliphatic heterocycles. The fourth-order valence-corrected chi connectivity index (χ4v) is 4.83. The molecule has 1 aliphatic rings. The fourth-order valence-electron chi connectivity index (χ4n) is 4.47. The van der Waals surface area contributed by atoms with Crippen molar-refractivity contribution in [1.82, 2.24) is 15.5 Å². The van der Waals surface area contributed by atoms with E-state index in [1.807, 2.05) is 43.0 Å². The lowest BCUT2D eigenvalue weighted by atomic mass is 9.94. The number of halogens is 1. The Morgan fingerprint density at radius 2 is 1.54 bits per heavy atom. The van der Waals surface area contributed by atoms with Crippen molar-refractivity contribution >= 4 is 28.6 Å². The molecular formula is C28H25FN4OS. The number of allylic oxidation sites excluding steroid dienone is 1. The van der Waals surface area contributed by atoms with Gasteiger partial charge in [0, 0.05) is 16.9 Å². The van der Waals surface area contributed by atoms with Crippen molar-refractivity contribution in [2.75, 3.05) is 4.90 Å². The number of nitrogens with zero attached hydrogens (tertiary/aromatic N) is 3. The van der Waals surface area contributed by atoms with Gasteiger partial charge in [-0.2, -0.15) is 4.98 Å². The molecule has 0 amide bonds. The van der Waals surface area contributed by atoms with Crippen LogP contribution in [-0.2, 0) is 0 Å². The summed E-state index contributed by atoms with van der Waals surface area (Å²) in [5.41, 5.74) is 7.75. The Balaban J connectivity index is 1.66. The van der Waals surface area contributed by atoms with Gasteiger partial charge in [0.2, 0.25) is 5.82 Å². The molecule has 2 heterocycles. The monoisotopic (exact) mass is 484 g/mol. The first-order valence-corrected chi connectivity index (χ1v) is 11.8. The Hall–Kier alpha value is -3.84. The van der Waals surface area contributed by atoms with Gasteiger partial charge >= 0.3 is 0 Å². The minimum absolute atomic E-state index is 0.300. The van der Waals surface area contributed by atoms with Crippen LogP contribution in [0.5, 0.6) is 0 Å². The minimum atomic E-state index is -0.378. The lowest BCUT2D eigenvalue weighted by Gasteiger charge is -2.37. The van der Waals surface area contributed by atoms with Crippen LogP contribution in [-0.4, -0.2) is 15.3 Å². The van der Waals surface area contributed by atoms with Crippen molar-refractivity contribution in [1.29, 1.82) is 0 Å². The van der Waals surface area contributed by atoms with Gasteiger partial charge in [0.15, 0.2) is 5.11 Å². The van der Waals surface area contributed by atoms with Crippen molar-refractivity contribution in [3.8, 4) is 11.4 Å². The molecular weight excluding hydrogens is 459 g/mol. The van der Waals surface area contributed by atoms with Crippen LogP contribution in [0.15, 0.2) is 77.0 Å². The quantitative estimate of drug-likeness (QED) is 0.327. The SMILES string of the molecule is CC1=C(c2nc(-c3ccc(C)cc3)no2)C(c2ccc(F)cc2)NC(=S)N1c1cc(C)cc(C)c1. The summed E-state index contributed by atoms with van der Waals surface area (Å²) in [5.74, 6) is 0.590. The zero-order valence-corrected chi connectivity index (χ0v) is 20.8. The van der Waals surface area contributed by atoms with E-state index in [9.17, 15) is 4.39 Å². The van der Waals surface area contributed by atoms with Gasteiger partial charge in [0.1, 0.15) is 5.82 Å². The van der Waals surface area contributed by atoms with Crippen LogP contribution < -0.4 is 10.2 Å². The molecule has 1 unspecified atom stereocenters. The minimum Gasteiger partial charge on any atom is -0.351 e. The molecule has 5 nitrogen and oxygen atoms in total. The van der Waals surface area contributed by atoms with E-state index in [2.05, 4.69) is 42.5 Å². The van der Waals surface area contributed by atoms with Gasteiger partial charge in [-0.15, -0.1) is 0 Å². The van der Waals surface area contributed by atoms with Gasteiger partial charge in [-0.25, -0.2) is 4.39 Å². The van der Waals surface area contributed by atoms with Crippen molar-refractivity contribution in [3.63, 3.8) is 0 Å². The average molecular weight is 485 g/mol. The summed E-state index contributed by atoms with van der Waals surface area (Å²) >= 11 is 5.81. The number of benzene rings is 3. The van der Waals surface area contributed by atoms with Crippen LogP contribution in [0.2, 0.25) is 0 Å². The van der Waals surface area contributed by atoms with Crippen molar-refractivity contribution in [2.24, 2.45) is 0 Å². The predicted molar refractivity (Wildman–Crippen MR) is 140 cm³/mol. The summed E-state index contributed by atoms with van der Waals surface area (Å²) in [7, 11) is 0. The number of rotatable bonds is 4. The van der Waals surface area contributed by atoms with Gasteiger partial charge in [0.25, 0.3) is 5.89 Å². The summed E-state index contributed by atoms with van der Waals surface area (Å²) in [5, 5.41) is 8.22. The van der Waals surface area contributed by atoms with Crippen LogP contribution in [0.1, 0.15) is 41.1 Å². The Kier molecular flexibility index (Phi) is 5.94. The van der Waals surface area contributed by atoms with E-state index < -0.39 is 0 Å². The van der Waals surface area contributed by atoms with Crippen LogP contribution in [0, 0.1) is 26.6 Å². The summed E-state index contributed by atoms with van der Waals surface area (Å²) < 4.78 is 19.5. The molecule has 0 bridgehead atoms. The first-order chi connectivity index (χ1) is 16.8. The summed E-state index contributed by atoms with van der Waals surface area (Å²) in [6, 6.07) is 20.3. The van der Waals surface area contributed by atoms with Crippen molar-refractivity contribution in [2.45, 2.75) is 33.7 Å². The first kappa shape index (κ1) is 22.9. The first-order valence-electron chi connectivity index (χ1n) is 11.4. The number of aromatic nitrogens is 2. The zero-order valence-electron chi connectivity index (χ0n) is 20.0. The number of thiocarbonyl (C=S) groups is 1. The van der Waals surface area contributed by atoms with Gasteiger partial charge in [-0.1, -0.05) is 53.2 Å². The molecule has 0 saturated carbocycles. The maximum absolute atomic E-state index is 13.7. The van der Waals surface area contributed by atoms with E-state index in [0.717, 1.165) is 44.8 Å². The molecule has 1 aromatic heterocycles. The van der Waals surface area contributed by atoms with Crippen molar-refractivity contribution < 1.29 is 8.91 Å². The molecule has 7 heteroatoms. The second-order valence-corrected chi connectivity index (χ2v) is 9.29. The second-order valence-electron chi connectivity index (χ2n) is 8.90. The van der Waals surface area contributed by atoms with E-state index in [-0.39, 0.29) is 11.9 Å². The fraction of sp³-hybridized carbons (Fsp3) is 0.179. The highest BCUT2D eigenvalue weighted by molar-refractivity contribution is 7.80. The predicted octanol–water partition coefficient (Wildman–Crippen LogP) is 6.67. The molecule has 4 aromatic rings. The van der Waals surface area contributed by atoms with Gasteiger partial charge in [0.05, 0.1) is 11.6 Å². The third-order valence-electron chi connectivity index (χ3n) is 6.12. The molecule has 0 fully saturated rings. The van der Waals surface area contributed by atoms with Crippen LogP contribution in [0.3, 0.4) is 0 Å². The molecule has 0 spiro atoms. The smallest absolute Gasteiger partial charge is 0.258 e. The second kappa shape index (κ2) is 9.07. The molecule has 0 aliphatic carbocycles. The van der Waals surface area contributed by atoms with Gasteiger partial charge in [-0.05, 0) is 80.9 Å². The van der Waals surface area contributed by atoms with Gasteiger partial charge in [-0.3, -0.25) is 4.90 Å². The molecule has 5 rings (SSSR count). The maximum atomic E-state index is 13.7. The molecule has 1 N–H and O–H groups in total. The molecule has 35 heavy (non-hydrogen) atoms. The number of anilines is 1. The summed E-state index contributed by atoms with van der Waals surface area (Å²) in [6.45, 7) is 8.14. The molecule has 0 radical (unpaired) electrons. The topological polar surface area (TPSA) is 54.2 Å². The normalized spacial score (nSPS) is 16.0. The highest BCUT2D eigenvalue weighted by Crippen LogP contribution is 2.39. The van der Waals surface area contributed by atoms with E-state index >= 15 is 0 Å². The van der Waals surface area contributed by atoms with Crippen molar-refractivity contribution in [3.05, 3.63) is 106 Å². The third-order valence-corrected chi connectivity index (χ3v) is 6.42. The molecule has 1 atom stereocenters. The Labute approximate surface area is 209 Å². The maximum Gasteiger partial charge on any atom is 0.258 e. The molecule has 176 valence electrons. The number of nitrogens with one attached hydrogen (secondary N) is 1. The Bertz CT molecular complexity index is 1420. The lowest BCUT2D eigenvalue weighted by Crippen LogP contribution is -2.46. The van der Waals surface area contributed by atoms with E-state index in [0.29, 0.717) is 16.8 Å².